The number of carbonyl (C=O) groups is 2. The number of carbonyl (C=O) groups excluding carboxylic acids is 2. The molecule has 0 unspecified atom stereocenters. The number of nitrogens with zero attached hydrogens (tertiary/aromatic N) is 2. The highest BCUT2D eigenvalue weighted by molar-refractivity contribution is 5.96. The molecular weight excluding hydrogens is 493 g/mol. The molecule has 2 aromatic rings. The molecule has 1 N–H and O–H groups in total. The number of piperidine rings is 1. The van der Waals surface area contributed by atoms with Crippen LogP contribution in [0.15, 0.2) is 96.8 Å². The number of ketones is 1. The third-order valence-electron chi connectivity index (χ3n) is 7.51. The molecule has 2 heterocycles. The van der Waals surface area contributed by atoms with Crippen molar-refractivity contribution in [3.8, 4) is 0 Å². The molecule has 1 fully saturated rings. The molecule has 0 spiro atoms. The summed E-state index contributed by atoms with van der Waals surface area (Å²) in [5, 5.41) is 3.04. The Hall–Kier alpha value is -3.97. The minimum atomic E-state index is -0.254. The van der Waals surface area contributed by atoms with Crippen LogP contribution in [0.4, 0.5) is 4.39 Å². The van der Waals surface area contributed by atoms with Crippen LogP contribution >= 0.6 is 0 Å². The highest BCUT2D eigenvalue weighted by Crippen LogP contribution is 2.30. The molecule has 2 aliphatic heterocycles. The molecular formula is C32H34FN3O3. The van der Waals surface area contributed by atoms with Crippen LogP contribution in [0.25, 0.3) is 0 Å². The first-order valence-corrected chi connectivity index (χ1v) is 13.6. The molecule has 3 aliphatic rings. The van der Waals surface area contributed by atoms with E-state index in [0.717, 1.165) is 67.0 Å². The Bertz CT molecular complexity index is 1300. The lowest BCUT2D eigenvalue weighted by Gasteiger charge is -2.34. The summed E-state index contributed by atoms with van der Waals surface area (Å²) in [4.78, 5) is 29.3. The van der Waals surface area contributed by atoms with E-state index < -0.39 is 0 Å². The summed E-state index contributed by atoms with van der Waals surface area (Å²) in [6.45, 7) is 4.20. The van der Waals surface area contributed by atoms with E-state index in [-0.39, 0.29) is 17.5 Å². The van der Waals surface area contributed by atoms with Crippen LogP contribution in [0.5, 0.6) is 0 Å². The van der Waals surface area contributed by atoms with E-state index in [9.17, 15) is 14.0 Å². The van der Waals surface area contributed by atoms with Crippen molar-refractivity contribution in [2.75, 3.05) is 32.7 Å². The lowest BCUT2D eigenvalue weighted by Crippen LogP contribution is -2.38. The van der Waals surface area contributed by atoms with E-state index in [1.807, 2.05) is 36.7 Å². The van der Waals surface area contributed by atoms with Gasteiger partial charge in [-0.05, 0) is 73.7 Å². The number of allylic oxidation sites excluding steroid dienone is 4. The fraction of sp³-hybridized carbons (Fsp3) is 0.312. The van der Waals surface area contributed by atoms with Gasteiger partial charge in [-0.2, -0.15) is 0 Å². The summed E-state index contributed by atoms with van der Waals surface area (Å²) in [6.07, 6.45) is 13.9. The Morgan fingerprint density at radius 1 is 1.05 bits per heavy atom. The molecule has 6 nitrogen and oxygen atoms in total. The van der Waals surface area contributed by atoms with Gasteiger partial charge in [0.05, 0.1) is 0 Å². The average molecular weight is 528 g/mol. The van der Waals surface area contributed by atoms with Crippen LogP contribution in [-0.2, 0) is 16.0 Å². The van der Waals surface area contributed by atoms with Crippen LogP contribution in [0, 0.1) is 5.82 Å². The molecule has 7 heteroatoms. The van der Waals surface area contributed by atoms with Gasteiger partial charge in [-0.15, -0.1) is 0 Å². The molecule has 0 saturated carbocycles. The molecule has 0 bridgehead atoms. The summed E-state index contributed by atoms with van der Waals surface area (Å²) >= 11 is 0. The van der Waals surface area contributed by atoms with Crippen molar-refractivity contribution < 1.29 is 18.7 Å². The monoisotopic (exact) mass is 527 g/mol. The summed E-state index contributed by atoms with van der Waals surface area (Å²) in [5.41, 5.74) is 3.76. The predicted octanol–water partition coefficient (Wildman–Crippen LogP) is 5.08. The number of hydrogen-bond acceptors (Lipinski definition) is 5. The molecule has 1 saturated heterocycles. The number of amides is 1. The number of ether oxygens (including phenoxy) is 1. The Morgan fingerprint density at radius 3 is 2.64 bits per heavy atom. The third kappa shape index (κ3) is 7.12. The van der Waals surface area contributed by atoms with Gasteiger partial charge < -0.3 is 19.9 Å². The molecule has 39 heavy (non-hydrogen) atoms. The van der Waals surface area contributed by atoms with Crippen molar-refractivity contribution in [1.82, 2.24) is 15.1 Å². The number of benzene rings is 2. The standard InChI is InChI=1S/C32H34FN3O3/c33-27-10-8-24(9-11-27)12-15-34-32(38)30-7-2-1-6-29(30)25-13-16-35(17-14-25)18-19-36-20-21-39-31(23-36)26-4-3-5-28(37)22-26/h1-11,20-21,23,25H,12-19,22H2,(H,34,38). The van der Waals surface area contributed by atoms with Crippen LogP contribution < -0.4 is 5.32 Å². The van der Waals surface area contributed by atoms with E-state index in [2.05, 4.69) is 21.2 Å². The molecule has 1 aliphatic carbocycles. The number of nitrogens with one attached hydrogen (secondary N) is 1. The molecule has 2 aromatic carbocycles. The minimum absolute atomic E-state index is 0.0536. The van der Waals surface area contributed by atoms with Gasteiger partial charge in [0.15, 0.2) is 5.78 Å². The Labute approximate surface area is 229 Å². The number of hydrogen-bond donors (Lipinski definition) is 1. The second kappa shape index (κ2) is 12.7. The third-order valence-corrected chi connectivity index (χ3v) is 7.51. The van der Waals surface area contributed by atoms with Gasteiger partial charge in [0.2, 0.25) is 0 Å². The summed E-state index contributed by atoms with van der Waals surface area (Å²) in [6, 6.07) is 14.3. The van der Waals surface area contributed by atoms with Crippen molar-refractivity contribution in [1.29, 1.82) is 0 Å². The SMILES string of the molecule is O=C1C=CC=C(C2=CN(CCN3CCC(c4ccccc4C(=O)NCCc4ccc(F)cc4)CC3)C=CO2)C1. The number of likely N-dealkylation sites (tertiary alicyclic amines) is 1. The first-order chi connectivity index (χ1) is 19.0. The van der Waals surface area contributed by atoms with Crippen molar-refractivity contribution in [3.63, 3.8) is 0 Å². The van der Waals surface area contributed by atoms with Crippen molar-refractivity contribution in [3.05, 3.63) is 119 Å². The zero-order valence-corrected chi connectivity index (χ0v) is 22.0. The lowest BCUT2D eigenvalue weighted by atomic mass is 9.86. The van der Waals surface area contributed by atoms with Crippen LogP contribution in [0.1, 0.15) is 46.7 Å². The van der Waals surface area contributed by atoms with Crippen LogP contribution in [0.2, 0.25) is 0 Å². The zero-order valence-electron chi connectivity index (χ0n) is 22.0. The quantitative estimate of drug-likeness (QED) is 0.493. The fourth-order valence-corrected chi connectivity index (χ4v) is 5.30. The Balaban J connectivity index is 1.10. The van der Waals surface area contributed by atoms with Crippen molar-refractivity contribution in [2.45, 2.75) is 31.6 Å². The summed E-state index contributed by atoms with van der Waals surface area (Å²) in [7, 11) is 0. The molecule has 202 valence electrons. The maximum Gasteiger partial charge on any atom is 0.251 e. The lowest BCUT2D eigenvalue weighted by molar-refractivity contribution is -0.114. The zero-order chi connectivity index (χ0) is 27.0. The van der Waals surface area contributed by atoms with Crippen molar-refractivity contribution in [2.24, 2.45) is 0 Å². The molecule has 5 rings (SSSR count). The van der Waals surface area contributed by atoms with E-state index in [1.165, 1.54) is 12.1 Å². The van der Waals surface area contributed by atoms with E-state index in [4.69, 9.17) is 4.74 Å². The molecule has 1 amide bonds. The number of rotatable bonds is 9. The Morgan fingerprint density at radius 2 is 1.85 bits per heavy atom. The van der Waals surface area contributed by atoms with Crippen LogP contribution in [0.3, 0.4) is 0 Å². The maximum absolute atomic E-state index is 13.1. The first kappa shape index (κ1) is 26.6. The van der Waals surface area contributed by atoms with Gasteiger partial charge >= 0.3 is 0 Å². The largest absolute Gasteiger partial charge is 0.462 e. The number of halogens is 1. The molecule has 0 atom stereocenters. The highest BCUT2D eigenvalue weighted by atomic mass is 19.1. The second-order valence-corrected chi connectivity index (χ2v) is 10.2. The van der Waals surface area contributed by atoms with E-state index in [1.54, 1.807) is 30.5 Å². The van der Waals surface area contributed by atoms with Gasteiger partial charge in [-0.25, -0.2) is 4.39 Å². The minimum Gasteiger partial charge on any atom is -0.462 e. The van der Waals surface area contributed by atoms with Gasteiger partial charge in [0.25, 0.3) is 5.91 Å². The normalized spacial score (nSPS) is 18.0. The van der Waals surface area contributed by atoms with Gasteiger partial charge in [-0.3, -0.25) is 9.59 Å². The van der Waals surface area contributed by atoms with Gasteiger partial charge in [0.1, 0.15) is 17.8 Å². The topological polar surface area (TPSA) is 61.9 Å². The Kier molecular flexibility index (Phi) is 8.68. The molecule has 0 aromatic heterocycles. The average Bonchev–Trinajstić information content (AvgIpc) is 2.97. The smallest absolute Gasteiger partial charge is 0.251 e. The predicted molar refractivity (Wildman–Crippen MR) is 149 cm³/mol. The van der Waals surface area contributed by atoms with E-state index in [0.29, 0.717) is 25.3 Å². The van der Waals surface area contributed by atoms with Crippen molar-refractivity contribution >= 4 is 11.7 Å². The fourth-order valence-electron chi connectivity index (χ4n) is 5.30. The first-order valence-electron chi connectivity index (χ1n) is 13.6. The maximum atomic E-state index is 13.1. The summed E-state index contributed by atoms with van der Waals surface area (Å²) in [5.74, 6) is 0.850. The molecule has 0 radical (unpaired) electrons. The van der Waals surface area contributed by atoms with Gasteiger partial charge in [0, 0.05) is 49.6 Å². The van der Waals surface area contributed by atoms with Gasteiger partial charge in [-0.1, -0.05) is 42.5 Å². The van der Waals surface area contributed by atoms with E-state index >= 15 is 0 Å². The van der Waals surface area contributed by atoms with Crippen LogP contribution in [-0.4, -0.2) is 54.2 Å². The second-order valence-electron chi connectivity index (χ2n) is 10.2. The summed E-state index contributed by atoms with van der Waals surface area (Å²) < 4.78 is 18.8. The highest BCUT2D eigenvalue weighted by Gasteiger charge is 2.24.